The van der Waals surface area contributed by atoms with E-state index >= 15 is 0 Å². The van der Waals surface area contributed by atoms with Gasteiger partial charge in [0.1, 0.15) is 0 Å². The first-order valence-corrected chi connectivity index (χ1v) is 8.49. The predicted octanol–water partition coefficient (Wildman–Crippen LogP) is 4.19. The summed E-state index contributed by atoms with van der Waals surface area (Å²) in [5.74, 6) is 0. The summed E-state index contributed by atoms with van der Waals surface area (Å²) in [4.78, 5) is 10.1. The first-order chi connectivity index (χ1) is 11.3. The number of anilines is 1. The number of benzene rings is 1. The Kier molecular flexibility index (Phi) is 5.00. The molecule has 0 fully saturated rings. The van der Waals surface area contributed by atoms with E-state index in [1.165, 1.54) is 0 Å². The first kappa shape index (κ1) is 15.6. The van der Waals surface area contributed by atoms with Crippen LogP contribution in [0.25, 0.3) is 21.7 Å². The van der Waals surface area contributed by atoms with Gasteiger partial charge in [-0.3, -0.25) is 4.98 Å². The van der Waals surface area contributed by atoms with E-state index in [9.17, 15) is 5.11 Å². The molecule has 0 atom stereocenters. The average molecular weight is 325 g/mol. The number of aliphatic hydroxyl groups excluding tert-OH is 1. The van der Waals surface area contributed by atoms with Crippen molar-refractivity contribution >= 4 is 16.5 Å². The largest absolute Gasteiger partial charge is 0.392 e. The second kappa shape index (κ2) is 7.35. The number of pyridine rings is 1. The Morgan fingerprint density at radius 2 is 1.91 bits per heavy atom. The number of nitrogens with one attached hydrogen (secondary N) is 1. The summed E-state index contributed by atoms with van der Waals surface area (Å²) in [6, 6.07) is 11.8. The van der Waals surface area contributed by atoms with Crippen LogP contribution in [0, 0.1) is 0 Å². The van der Waals surface area contributed by atoms with E-state index in [-0.39, 0.29) is 6.61 Å². The van der Waals surface area contributed by atoms with Gasteiger partial charge in [0.05, 0.1) is 17.2 Å². The van der Waals surface area contributed by atoms with Crippen molar-refractivity contribution < 1.29 is 5.11 Å². The third-order valence-electron chi connectivity index (χ3n) is 3.55. The molecule has 0 radical (unpaired) electrons. The van der Waals surface area contributed by atoms with Gasteiger partial charge in [0, 0.05) is 30.1 Å². The monoisotopic (exact) mass is 325 g/mol. The topological polar surface area (TPSA) is 58.0 Å². The maximum absolute atomic E-state index is 9.59. The summed E-state index contributed by atoms with van der Waals surface area (Å²) in [7, 11) is 0. The molecular weight excluding hydrogens is 306 g/mol. The Morgan fingerprint density at radius 3 is 2.74 bits per heavy atom. The average Bonchev–Trinajstić information content (AvgIpc) is 3.08. The molecule has 118 valence electrons. The lowest BCUT2D eigenvalue weighted by atomic mass is 10.0. The Labute approximate surface area is 139 Å². The van der Waals surface area contributed by atoms with Crippen molar-refractivity contribution in [3.8, 4) is 21.7 Å². The van der Waals surface area contributed by atoms with Crippen molar-refractivity contribution in [2.24, 2.45) is 0 Å². The van der Waals surface area contributed by atoms with Crippen molar-refractivity contribution in [2.45, 2.75) is 20.0 Å². The van der Waals surface area contributed by atoms with Gasteiger partial charge in [0.15, 0.2) is 5.13 Å². The van der Waals surface area contributed by atoms with Gasteiger partial charge < -0.3 is 10.4 Å². The van der Waals surface area contributed by atoms with Gasteiger partial charge >= 0.3 is 0 Å². The summed E-state index contributed by atoms with van der Waals surface area (Å²) < 4.78 is 0. The van der Waals surface area contributed by atoms with Crippen LogP contribution in [0.5, 0.6) is 0 Å². The number of thiazole rings is 1. The molecule has 0 aliphatic rings. The molecule has 2 N–H and O–H groups in total. The van der Waals surface area contributed by atoms with Crippen LogP contribution in [0.4, 0.5) is 5.13 Å². The Hall–Kier alpha value is -2.24. The van der Waals surface area contributed by atoms with E-state index in [2.05, 4.69) is 22.2 Å². The summed E-state index contributed by atoms with van der Waals surface area (Å²) in [6.45, 7) is 3.05. The number of aromatic nitrogens is 2. The van der Waals surface area contributed by atoms with Crippen LogP contribution >= 0.6 is 11.3 Å². The third-order valence-corrected chi connectivity index (χ3v) is 4.54. The molecule has 23 heavy (non-hydrogen) atoms. The summed E-state index contributed by atoms with van der Waals surface area (Å²) in [5, 5.41) is 13.8. The Morgan fingerprint density at radius 1 is 1.09 bits per heavy atom. The number of hydrogen-bond donors (Lipinski definition) is 2. The van der Waals surface area contributed by atoms with Gasteiger partial charge in [-0.15, -0.1) is 0 Å². The molecule has 5 heteroatoms. The lowest BCUT2D eigenvalue weighted by Crippen LogP contribution is -1.97. The molecule has 2 aromatic heterocycles. The van der Waals surface area contributed by atoms with Crippen LogP contribution < -0.4 is 5.32 Å². The number of aliphatic hydroxyl groups is 1. The number of rotatable bonds is 6. The molecule has 0 spiro atoms. The molecule has 0 amide bonds. The fourth-order valence-corrected chi connectivity index (χ4v) is 3.29. The minimum absolute atomic E-state index is 0.00180. The molecule has 0 aliphatic heterocycles. The number of hydrogen-bond acceptors (Lipinski definition) is 5. The zero-order chi connectivity index (χ0) is 16.1. The first-order valence-electron chi connectivity index (χ1n) is 7.67. The summed E-state index contributed by atoms with van der Waals surface area (Å²) >= 11 is 1.62. The SMILES string of the molecule is CCCNc1ncc(-c2cccnc2-c2ccccc2CO)s1. The van der Waals surface area contributed by atoms with Crippen LogP contribution in [-0.2, 0) is 6.61 Å². The van der Waals surface area contributed by atoms with Crippen molar-refractivity contribution in [3.63, 3.8) is 0 Å². The highest BCUT2D eigenvalue weighted by Gasteiger charge is 2.13. The second-order valence-electron chi connectivity index (χ2n) is 5.17. The molecule has 0 saturated heterocycles. The Bertz CT molecular complexity index is 785. The molecule has 3 aromatic rings. The van der Waals surface area contributed by atoms with Gasteiger partial charge in [0.2, 0.25) is 0 Å². The van der Waals surface area contributed by atoms with Crippen LogP contribution in [0.3, 0.4) is 0 Å². The molecule has 2 heterocycles. The van der Waals surface area contributed by atoms with E-state index in [0.29, 0.717) is 0 Å². The quantitative estimate of drug-likeness (QED) is 0.713. The molecule has 1 aromatic carbocycles. The van der Waals surface area contributed by atoms with Crippen LogP contribution in [0.15, 0.2) is 48.8 Å². The van der Waals surface area contributed by atoms with Gasteiger partial charge in [0.25, 0.3) is 0 Å². The van der Waals surface area contributed by atoms with Crippen molar-refractivity contribution in [3.05, 3.63) is 54.4 Å². The number of nitrogens with zero attached hydrogens (tertiary/aromatic N) is 2. The van der Waals surface area contributed by atoms with E-state index in [1.807, 2.05) is 42.6 Å². The molecule has 4 nitrogen and oxygen atoms in total. The van der Waals surface area contributed by atoms with Crippen LogP contribution in [-0.4, -0.2) is 21.6 Å². The predicted molar refractivity (Wildman–Crippen MR) is 95.5 cm³/mol. The van der Waals surface area contributed by atoms with E-state index in [0.717, 1.165) is 45.4 Å². The molecule has 3 rings (SSSR count). The Balaban J connectivity index is 2.03. The highest BCUT2D eigenvalue weighted by atomic mass is 32.1. The van der Waals surface area contributed by atoms with E-state index < -0.39 is 0 Å². The molecule has 0 saturated carbocycles. The van der Waals surface area contributed by atoms with Gasteiger partial charge in [-0.25, -0.2) is 4.98 Å². The molecule has 0 bridgehead atoms. The van der Waals surface area contributed by atoms with Crippen molar-refractivity contribution in [2.75, 3.05) is 11.9 Å². The fourth-order valence-electron chi connectivity index (χ4n) is 2.42. The molecule has 0 aliphatic carbocycles. The fraction of sp³-hybridized carbons (Fsp3) is 0.222. The maximum atomic E-state index is 9.59. The van der Waals surface area contributed by atoms with Crippen LogP contribution in [0.2, 0.25) is 0 Å². The van der Waals surface area contributed by atoms with Gasteiger partial charge in [-0.2, -0.15) is 0 Å². The van der Waals surface area contributed by atoms with Crippen LogP contribution in [0.1, 0.15) is 18.9 Å². The molecular formula is C18H19N3OS. The van der Waals surface area contributed by atoms with Gasteiger partial charge in [-0.1, -0.05) is 42.5 Å². The van der Waals surface area contributed by atoms with Crippen molar-refractivity contribution in [1.82, 2.24) is 9.97 Å². The highest BCUT2D eigenvalue weighted by molar-refractivity contribution is 7.18. The van der Waals surface area contributed by atoms with Gasteiger partial charge in [-0.05, 0) is 24.1 Å². The summed E-state index contributed by atoms with van der Waals surface area (Å²) in [6.07, 6.45) is 4.73. The van der Waals surface area contributed by atoms with E-state index in [4.69, 9.17) is 0 Å². The van der Waals surface area contributed by atoms with Crippen molar-refractivity contribution in [1.29, 1.82) is 0 Å². The third kappa shape index (κ3) is 3.41. The van der Waals surface area contributed by atoms with E-state index in [1.54, 1.807) is 17.5 Å². The lowest BCUT2D eigenvalue weighted by Gasteiger charge is -2.10. The minimum Gasteiger partial charge on any atom is -0.392 e. The summed E-state index contributed by atoms with van der Waals surface area (Å²) in [5.41, 5.74) is 3.75. The second-order valence-corrected chi connectivity index (χ2v) is 6.20. The minimum atomic E-state index is -0.00180. The zero-order valence-corrected chi connectivity index (χ0v) is 13.8. The lowest BCUT2D eigenvalue weighted by molar-refractivity contribution is 0.282. The smallest absolute Gasteiger partial charge is 0.183 e. The highest BCUT2D eigenvalue weighted by Crippen LogP contribution is 2.36. The normalized spacial score (nSPS) is 10.7. The maximum Gasteiger partial charge on any atom is 0.183 e. The zero-order valence-electron chi connectivity index (χ0n) is 13.0. The molecule has 0 unspecified atom stereocenters. The standard InChI is InChI=1S/C18H19N3OS/c1-2-9-20-18-21-11-16(23-18)15-8-5-10-19-17(15)14-7-4-3-6-13(14)12-22/h3-8,10-11,22H,2,9,12H2,1H3,(H,20,21).